The van der Waals surface area contributed by atoms with E-state index < -0.39 is 8.07 Å². The molecule has 285 valence electrons. The van der Waals surface area contributed by atoms with Crippen molar-refractivity contribution < 1.29 is 30.0 Å². The minimum atomic E-state index is -1.37. The maximum atomic E-state index is 13.4. The molecule has 8 fully saturated rings. The van der Waals surface area contributed by atoms with Gasteiger partial charge < -0.3 is 5.11 Å². The van der Waals surface area contributed by atoms with Gasteiger partial charge in [-0.15, -0.1) is 34.9 Å². The largest absolute Gasteiger partial charge is 0.512 e. The third-order valence-electron chi connectivity index (χ3n) is 14.9. The summed E-state index contributed by atoms with van der Waals surface area (Å²) in [5.74, 6) is 5.64. The number of aromatic nitrogens is 1. The number of carbonyl (C=O) groups excluding carboxylic acids is 1. The van der Waals surface area contributed by atoms with Gasteiger partial charge in [0.25, 0.3) is 0 Å². The van der Waals surface area contributed by atoms with Crippen molar-refractivity contribution in [3.05, 3.63) is 95.8 Å². The zero-order valence-electron chi connectivity index (χ0n) is 33.0. The second kappa shape index (κ2) is 14.3. The van der Waals surface area contributed by atoms with E-state index in [0.717, 1.165) is 90.8 Å². The Bertz CT molecular complexity index is 2020. The van der Waals surface area contributed by atoms with Crippen LogP contribution >= 0.6 is 0 Å². The second-order valence-corrected chi connectivity index (χ2v) is 25.0. The SMILES string of the molecule is Cc1c[c-]c(-c2nc3ccc([Si](C)(C)C)cc3cc2-c2ccccc2)cc1C.O=C(/C=C(\O)C12CC3CC(CC(C3)C1)C2)C12CC3CC(CC(C3)C1)C2.[Ir]. The van der Waals surface area contributed by atoms with Gasteiger partial charge in [-0.3, -0.25) is 9.78 Å². The van der Waals surface area contributed by atoms with E-state index in [1.807, 2.05) is 0 Å². The summed E-state index contributed by atoms with van der Waals surface area (Å²) in [6.45, 7) is 11.4. The molecule has 1 radical (unpaired) electrons. The van der Waals surface area contributed by atoms with Crippen LogP contribution in [0.15, 0.2) is 78.6 Å². The van der Waals surface area contributed by atoms with Crippen LogP contribution in [-0.4, -0.2) is 23.9 Å². The average molecular weight is 913 g/mol. The number of aryl methyl sites for hydroxylation is 2. The van der Waals surface area contributed by atoms with Crippen LogP contribution in [0.2, 0.25) is 19.6 Å². The van der Waals surface area contributed by atoms with Crippen LogP contribution in [0.1, 0.15) is 88.2 Å². The number of benzene rings is 3. The van der Waals surface area contributed by atoms with Crippen LogP contribution < -0.4 is 5.19 Å². The van der Waals surface area contributed by atoms with E-state index in [-0.39, 0.29) is 30.9 Å². The Kier molecular flexibility index (Phi) is 10.0. The molecule has 0 unspecified atom stereocenters. The molecule has 8 aliphatic carbocycles. The molecule has 8 saturated carbocycles. The molecule has 3 aromatic carbocycles. The summed E-state index contributed by atoms with van der Waals surface area (Å²) in [5.41, 5.74) is 7.87. The van der Waals surface area contributed by atoms with Crippen LogP contribution in [-0.2, 0) is 24.9 Å². The van der Waals surface area contributed by atoms with Gasteiger partial charge in [0, 0.05) is 37.0 Å². The van der Waals surface area contributed by atoms with Gasteiger partial charge in [0.15, 0.2) is 5.78 Å². The molecular weight excluding hydrogens is 855 g/mol. The van der Waals surface area contributed by atoms with Crippen molar-refractivity contribution in [3.8, 4) is 22.4 Å². The smallest absolute Gasteiger partial charge is 0.165 e. The van der Waals surface area contributed by atoms with Gasteiger partial charge in [-0.05, 0) is 141 Å². The van der Waals surface area contributed by atoms with Crippen molar-refractivity contribution in [1.82, 2.24) is 4.98 Å². The van der Waals surface area contributed by atoms with E-state index in [1.54, 1.807) is 6.08 Å². The van der Waals surface area contributed by atoms with Crippen LogP contribution in [0.3, 0.4) is 0 Å². The second-order valence-electron chi connectivity index (χ2n) is 19.9. The van der Waals surface area contributed by atoms with E-state index in [2.05, 4.69) is 106 Å². The van der Waals surface area contributed by atoms with Crippen molar-refractivity contribution in [3.63, 3.8) is 0 Å². The molecule has 12 rings (SSSR count). The summed E-state index contributed by atoms with van der Waals surface area (Å²) >= 11 is 0. The molecule has 0 aliphatic heterocycles. The zero-order chi connectivity index (χ0) is 36.7. The summed E-state index contributed by atoms with van der Waals surface area (Å²) in [7, 11) is -1.37. The Balaban J connectivity index is 0.000000151. The first kappa shape index (κ1) is 38.0. The molecule has 8 bridgehead atoms. The van der Waals surface area contributed by atoms with Gasteiger partial charge in [-0.1, -0.05) is 87.2 Å². The predicted octanol–water partition coefficient (Wildman–Crippen LogP) is 12.0. The average Bonchev–Trinajstić information content (AvgIpc) is 3.11. The number of aliphatic hydroxyl groups is 1. The van der Waals surface area contributed by atoms with Crippen molar-refractivity contribution in [2.45, 2.75) is 111 Å². The van der Waals surface area contributed by atoms with Crippen LogP contribution in [0.5, 0.6) is 0 Å². The van der Waals surface area contributed by atoms with Crippen LogP contribution in [0, 0.1) is 66.3 Å². The summed E-state index contributed by atoms with van der Waals surface area (Å²) in [4.78, 5) is 18.5. The minimum absolute atomic E-state index is 0. The molecule has 5 heteroatoms. The van der Waals surface area contributed by atoms with E-state index in [0.29, 0.717) is 11.5 Å². The molecule has 8 aliphatic rings. The monoisotopic (exact) mass is 913 g/mol. The fraction of sp³-hybridized carbons (Fsp3) is 0.510. The number of aliphatic hydroxyl groups excluding tert-OH is 1. The standard InChI is InChI=1S/C26H26NSi.C23H32O2.Ir/c1-18-11-12-21(15-19(18)2)26-24(20-9-7-6-8-10-20)17-22-16-23(28(3,4)5)13-14-25(22)27-26;24-20(22-8-14-1-15(9-22)3-16(2-14)10-22)7-21(25)23-11-17-4-18(12-23)6-19(5-17)13-23;/h6-11,13-17H,1-5H3;7,14-19,24H,1-6,8-13H2;/q-1;;/b;20-7-;. The molecule has 0 saturated heterocycles. The van der Waals surface area contributed by atoms with Crippen molar-refractivity contribution in [2.75, 3.05) is 0 Å². The van der Waals surface area contributed by atoms with Crippen molar-refractivity contribution in [1.29, 1.82) is 0 Å². The predicted molar refractivity (Wildman–Crippen MR) is 221 cm³/mol. The molecular formula is C49H58IrNO2Si-. The Hall–Kier alpha value is -2.85. The number of rotatable bonds is 6. The number of allylic oxidation sites excluding steroid dienone is 2. The fourth-order valence-electron chi connectivity index (χ4n) is 12.8. The Morgan fingerprint density at radius 3 is 1.80 bits per heavy atom. The molecule has 54 heavy (non-hydrogen) atoms. The van der Waals surface area contributed by atoms with E-state index >= 15 is 0 Å². The van der Waals surface area contributed by atoms with Crippen LogP contribution in [0.4, 0.5) is 0 Å². The first-order valence-electron chi connectivity index (χ1n) is 20.8. The first-order chi connectivity index (χ1) is 25.3. The molecule has 1 heterocycles. The Morgan fingerprint density at radius 1 is 0.741 bits per heavy atom. The molecule has 3 nitrogen and oxygen atoms in total. The number of carbonyl (C=O) groups is 1. The summed E-state index contributed by atoms with van der Waals surface area (Å²) in [6.07, 6.45) is 16.8. The Labute approximate surface area is 338 Å². The van der Waals surface area contributed by atoms with Crippen molar-refractivity contribution >= 4 is 29.9 Å². The third-order valence-corrected chi connectivity index (χ3v) is 16.9. The maximum absolute atomic E-state index is 13.4. The number of nitrogens with zero attached hydrogens (tertiary/aromatic N) is 1. The van der Waals surface area contributed by atoms with Gasteiger partial charge >= 0.3 is 0 Å². The van der Waals surface area contributed by atoms with Crippen LogP contribution in [0.25, 0.3) is 33.3 Å². The summed E-state index contributed by atoms with van der Waals surface area (Å²) in [6, 6.07) is 27.4. The Morgan fingerprint density at radius 2 is 1.28 bits per heavy atom. The van der Waals surface area contributed by atoms with Crippen molar-refractivity contribution in [2.24, 2.45) is 46.3 Å². The summed E-state index contributed by atoms with van der Waals surface area (Å²) < 4.78 is 0. The van der Waals surface area contributed by atoms with Gasteiger partial charge in [0.1, 0.15) is 5.76 Å². The minimum Gasteiger partial charge on any atom is -0.512 e. The van der Waals surface area contributed by atoms with Gasteiger partial charge in [-0.2, -0.15) is 0 Å². The topological polar surface area (TPSA) is 50.2 Å². The fourth-order valence-corrected chi connectivity index (χ4v) is 13.9. The maximum Gasteiger partial charge on any atom is 0.165 e. The number of hydrogen-bond donors (Lipinski definition) is 1. The molecule has 4 aromatic rings. The number of pyridine rings is 1. The van der Waals surface area contributed by atoms with E-state index in [9.17, 15) is 9.90 Å². The molecule has 0 spiro atoms. The van der Waals surface area contributed by atoms with Gasteiger partial charge in [0.2, 0.25) is 0 Å². The van der Waals surface area contributed by atoms with Gasteiger partial charge in [0.05, 0.1) is 13.6 Å². The van der Waals surface area contributed by atoms with E-state index in [1.165, 1.54) is 71.4 Å². The molecule has 0 amide bonds. The van der Waals surface area contributed by atoms with E-state index in [4.69, 9.17) is 4.98 Å². The third kappa shape index (κ3) is 7.05. The molecule has 0 atom stereocenters. The normalized spacial score (nSPS) is 31.9. The quantitative estimate of drug-likeness (QED) is 0.0907. The van der Waals surface area contributed by atoms with Gasteiger partial charge in [-0.25, -0.2) is 0 Å². The number of ketones is 1. The summed E-state index contributed by atoms with van der Waals surface area (Å²) in [5, 5.41) is 13.8. The number of hydrogen-bond acceptors (Lipinski definition) is 3. The first-order valence-corrected chi connectivity index (χ1v) is 24.3. The number of fused-ring (bicyclic) bond motifs is 1. The molecule has 1 N–H and O–H groups in total. The molecule has 1 aromatic heterocycles. The zero-order valence-corrected chi connectivity index (χ0v) is 36.4.